The zero-order chi connectivity index (χ0) is 12.7. The van der Waals surface area contributed by atoms with E-state index in [4.69, 9.17) is 5.11 Å². The molecule has 3 N–H and O–H groups in total. The van der Waals surface area contributed by atoms with Crippen LogP contribution in [0.4, 0.5) is 10.5 Å². The van der Waals surface area contributed by atoms with Gasteiger partial charge in [-0.15, -0.1) is 0 Å². The van der Waals surface area contributed by atoms with Crippen LogP contribution in [0.2, 0.25) is 0 Å². The lowest BCUT2D eigenvalue weighted by atomic mass is 10.2. The summed E-state index contributed by atoms with van der Waals surface area (Å²) >= 11 is 0. The highest BCUT2D eigenvalue weighted by molar-refractivity contribution is 5.92. The van der Waals surface area contributed by atoms with Crippen LogP contribution in [0.25, 0.3) is 0 Å². The van der Waals surface area contributed by atoms with E-state index in [0.717, 1.165) is 12.8 Å². The van der Waals surface area contributed by atoms with Gasteiger partial charge in [-0.05, 0) is 12.5 Å². The molecule has 0 saturated carbocycles. The Balaban J connectivity index is 2.53. The highest BCUT2D eigenvalue weighted by Gasteiger charge is 2.06. The quantitative estimate of drug-likeness (QED) is 0.680. The van der Waals surface area contributed by atoms with Crippen LogP contribution in [0.1, 0.15) is 30.1 Å². The van der Waals surface area contributed by atoms with Gasteiger partial charge in [-0.25, -0.2) is 9.59 Å². The van der Waals surface area contributed by atoms with E-state index in [1.54, 1.807) is 0 Å². The maximum absolute atomic E-state index is 11.4. The largest absolute Gasteiger partial charge is 0.478 e. The van der Waals surface area contributed by atoms with E-state index in [0.29, 0.717) is 12.2 Å². The first-order valence-corrected chi connectivity index (χ1v) is 5.36. The van der Waals surface area contributed by atoms with E-state index >= 15 is 0 Å². The molecule has 6 heteroatoms. The van der Waals surface area contributed by atoms with Gasteiger partial charge >= 0.3 is 12.0 Å². The van der Waals surface area contributed by atoms with Crippen molar-refractivity contribution in [3.8, 4) is 0 Å². The number of aromatic nitrogens is 1. The fourth-order valence-electron chi connectivity index (χ4n) is 1.18. The van der Waals surface area contributed by atoms with Gasteiger partial charge in [-0.1, -0.05) is 13.3 Å². The Bertz CT molecular complexity index is 407. The summed E-state index contributed by atoms with van der Waals surface area (Å²) in [7, 11) is 0. The van der Waals surface area contributed by atoms with Gasteiger partial charge in [0.25, 0.3) is 0 Å². The summed E-state index contributed by atoms with van der Waals surface area (Å²) in [6.45, 7) is 2.62. The Morgan fingerprint density at radius 2 is 2.18 bits per heavy atom. The van der Waals surface area contributed by atoms with Crippen LogP contribution < -0.4 is 10.6 Å². The summed E-state index contributed by atoms with van der Waals surface area (Å²) in [5, 5.41) is 13.9. The molecule has 0 aliphatic heterocycles. The number of hydrogen-bond acceptors (Lipinski definition) is 3. The minimum Gasteiger partial charge on any atom is -0.478 e. The number of carbonyl (C=O) groups excluding carboxylic acids is 1. The maximum atomic E-state index is 11.4. The Labute approximate surface area is 99.1 Å². The second kappa shape index (κ2) is 6.47. The highest BCUT2D eigenvalue weighted by Crippen LogP contribution is 2.07. The number of aromatic carboxylic acids is 1. The van der Waals surface area contributed by atoms with Crippen LogP contribution in [0.3, 0.4) is 0 Å². The van der Waals surface area contributed by atoms with Crippen molar-refractivity contribution in [1.29, 1.82) is 0 Å². The smallest absolute Gasteiger partial charge is 0.337 e. The van der Waals surface area contributed by atoms with Gasteiger partial charge in [0, 0.05) is 12.7 Å². The fourth-order valence-corrected chi connectivity index (χ4v) is 1.18. The number of nitrogens with zero attached hydrogens (tertiary/aromatic N) is 1. The summed E-state index contributed by atoms with van der Waals surface area (Å²) in [4.78, 5) is 25.8. The monoisotopic (exact) mass is 237 g/mol. The second-order valence-electron chi connectivity index (χ2n) is 3.50. The van der Waals surface area contributed by atoms with Gasteiger partial charge in [0.2, 0.25) is 0 Å². The Morgan fingerprint density at radius 1 is 1.41 bits per heavy atom. The van der Waals surface area contributed by atoms with E-state index in [1.807, 2.05) is 6.92 Å². The molecule has 0 aromatic carbocycles. The summed E-state index contributed by atoms with van der Waals surface area (Å²) < 4.78 is 0. The van der Waals surface area contributed by atoms with E-state index in [9.17, 15) is 9.59 Å². The van der Waals surface area contributed by atoms with E-state index in [-0.39, 0.29) is 11.6 Å². The van der Waals surface area contributed by atoms with Crippen molar-refractivity contribution < 1.29 is 14.7 Å². The van der Waals surface area contributed by atoms with Crippen molar-refractivity contribution in [3.05, 3.63) is 24.0 Å². The first kappa shape index (κ1) is 13.0. The third-order valence-corrected chi connectivity index (χ3v) is 2.06. The Morgan fingerprint density at radius 3 is 2.82 bits per heavy atom. The molecule has 0 spiro atoms. The topological polar surface area (TPSA) is 91.3 Å². The van der Waals surface area contributed by atoms with Gasteiger partial charge in [-0.3, -0.25) is 4.98 Å². The van der Waals surface area contributed by atoms with Gasteiger partial charge in [0.15, 0.2) is 0 Å². The Kier molecular flexibility index (Phi) is 4.93. The zero-order valence-corrected chi connectivity index (χ0v) is 9.56. The van der Waals surface area contributed by atoms with Gasteiger partial charge in [-0.2, -0.15) is 0 Å². The number of amides is 2. The number of nitrogens with one attached hydrogen (secondary N) is 2. The van der Waals surface area contributed by atoms with Gasteiger partial charge < -0.3 is 15.7 Å². The normalized spacial score (nSPS) is 9.71. The Hall–Kier alpha value is -2.11. The number of carboxylic acids is 1. The van der Waals surface area contributed by atoms with Crippen molar-refractivity contribution in [1.82, 2.24) is 10.3 Å². The molecule has 0 aliphatic rings. The standard InChI is InChI=1S/C11H15N3O3/c1-2-3-4-13-11(17)14-9-5-8(10(15)16)6-12-7-9/h5-7H,2-4H2,1H3,(H,15,16)(H2,13,14,17). The lowest BCUT2D eigenvalue weighted by molar-refractivity contribution is 0.0696. The number of carbonyl (C=O) groups is 2. The molecule has 0 radical (unpaired) electrons. The van der Waals surface area contributed by atoms with E-state index in [1.165, 1.54) is 18.5 Å². The van der Waals surface area contributed by atoms with Crippen molar-refractivity contribution in [3.63, 3.8) is 0 Å². The molecule has 0 bridgehead atoms. The maximum Gasteiger partial charge on any atom is 0.337 e. The number of unbranched alkanes of at least 4 members (excludes halogenated alkanes) is 1. The lowest BCUT2D eigenvalue weighted by Gasteiger charge is -2.06. The van der Waals surface area contributed by atoms with Crippen molar-refractivity contribution >= 4 is 17.7 Å². The molecule has 6 nitrogen and oxygen atoms in total. The molecule has 1 heterocycles. The minimum absolute atomic E-state index is 0.0383. The molecule has 1 rings (SSSR count). The first-order chi connectivity index (χ1) is 8.13. The van der Waals surface area contributed by atoms with Crippen LogP contribution >= 0.6 is 0 Å². The minimum atomic E-state index is -1.08. The molecule has 17 heavy (non-hydrogen) atoms. The van der Waals surface area contributed by atoms with Crippen molar-refractivity contribution in [2.75, 3.05) is 11.9 Å². The van der Waals surface area contributed by atoms with Crippen LogP contribution in [-0.4, -0.2) is 28.6 Å². The summed E-state index contributed by atoms with van der Waals surface area (Å²) in [5.74, 6) is -1.08. The predicted octanol–water partition coefficient (Wildman–Crippen LogP) is 1.70. The summed E-state index contributed by atoms with van der Waals surface area (Å²) in [6.07, 6.45) is 4.52. The van der Waals surface area contributed by atoms with Crippen molar-refractivity contribution in [2.45, 2.75) is 19.8 Å². The van der Waals surface area contributed by atoms with Crippen molar-refractivity contribution in [2.24, 2.45) is 0 Å². The number of rotatable bonds is 5. The molecule has 0 aliphatic carbocycles. The zero-order valence-electron chi connectivity index (χ0n) is 9.56. The molecule has 0 fully saturated rings. The van der Waals surface area contributed by atoms with Crippen LogP contribution in [0, 0.1) is 0 Å². The molecule has 92 valence electrons. The van der Waals surface area contributed by atoms with Crippen LogP contribution in [0.15, 0.2) is 18.5 Å². The van der Waals surface area contributed by atoms with Gasteiger partial charge in [0.1, 0.15) is 0 Å². The van der Waals surface area contributed by atoms with Gasteiger partial charge in [0.05, 0.1) is 17.4 Å². The number of urea groups is 1. The third kappa shape index (κ3) is 4.50. The lowest BCUT2D eigenvalue weighted by Crippen LogP contribution is -2.29. The molecular weight excluding hydrogens is 222 g/mol. The molecule has 1 aromatic heterocycles. The third-order valence-electron chi connectivity index (χ3n) is 2.06. The summed E-state index contributed by atoms with van der Waals surface area (Å²) in [5.41, 5.74) is 0.398. The molecule has 2 amide bonds. The molecule has 0 atom stereocenters. The molecular formula is C11H15N3O3. The number of carboxylic acid groups (broad SMARTS) is 1. The molecule has 0 unspecified atom stereocenters. The number of pyridine rings is 1. The number of hydrogen-bond donors (Lipinski definition) is 3. The SMILES string of the molecule is CCCCNC(=O)Nc1cncc(C(=O)O)c1. The predicted molar refractivity (Wildman–Crippen MR) is 63.1 cm³/mol. The molecule has 0 saturated heterocycles. The van der Waals surface area contributed by atoms with Crippen LogP contribution in [-0.2, 0) is 0 Å². The number of anilines is 1. The summed E-state index contributed by atoms with van der Waals surface area (Å²) in [6, 6.07) is 0.997. The second-order valence-corrected chi connectivity index (χ2v) is 3.50. The van der Waals surface area contributed by atoms with E-state index in [2.05, 4.69) is 15.6 Å². The fraction of sp³-hybridized carbons (Fsp3) is 0.364. The highest BCUT2D eigenvalue weighted by atomic mass is 16.4. The molecule has 1 aromatic rings. The average Bonchev–Trinajstić information content (AvgIpc) is 2.29. The van der Waals surface area contributed by atoms with Crippen LogP contribution in [0.5, 0.6) is 0 Å². The first-order valence-electron chi connectivity index (χ1n) is 5.36. The van der Waals surface area contributed by atoms with E-state index < -0.39 is 5.97 Å². The average molecular weight is 237 g/mol.